The maximum Gasteiger partial charge on any atom is 0.262 e. The number of hydrogen-bond acceptors (Lipinski definition) is 4. The molecule has 0 bridgehead atoms. The van der Waals surface area contributed by atoms with Crippen LogP contribution in [0.2, 0.25) is 25.7 Å². The summed E-state index contributed by atoms with van der Waals surface area (Å²) in [5.41, 5.74) is 2.32. The van der Waals surface area contributed by atoms with Gasteiger partial charge in [-0.05, 0) is 54.6 Å². The smallest absolute Gasteiger partial charge is 0.262 e. The zero-order valence-corrected chi connectivity index (χ0v) is 20.2. The van der Waals surface area contributed by atoms with Crippen LogP contribution in [0, 0.1) is 11.7 Å². The number of carbonyl (C=O) groups is 2. The molecule has 1 fully saturated rings. The Morgan fingerprint density at radius 2 is 1.79 bits per heavy atom. The molecule has 1 aliphatic heterocycles. The van der Waals surface area contributed by atoms with Crippen LogP contribution in [-0.2, 0) is 11.5 Å². The molecular weight excluding hydrogens is 437 g/mol. The van der Waals surface area contributed by atoms with Gasteiger partial charge in [-0.2, -0.15) is 0 Å². The van der Waals surface area contributed by atoms with Gasteiger partial charge in [-0.15, -0.1) is 0 Å². The minimum absolute atomic E-state index is 0.135. The van der Waals surface area contributed by atoms with E-state index >= 15 is 4.39 Å². The van der Waals surface area contributed by atoms with Crippen molar-refractivity contribution in [3.8, 4) is 0 Å². The summed E-state index contributed by atoms with van der Waals surface area (Å²) in [6.07, 6.45) is 3.38. The number of amides is 2. The van der Waals surface area contributed by atoms with E-state index in [1.807, 2.05) is 6.07 Å². The Morgan fingerprint density at radius 3 is 2.39 bits per heavy atom. The van der Waals surface area contributed by atoms with Gasteiger partial charge in [0.1, 0.15) is 18.1 Å². The number of nitrogens with zero attached hydrogens (tertiary/aromatic N) is 3. The summed E-state index contributed by atoms with van der Waals surface area (Å²) >= 11 is 0. The molecule has 1 aromatic heterocycles. The van der Waals surface area contributed by atoms with Crippen LogP contribution in [0.5, 0.6) is 0 Å². The second-order valence-corrected chi connectivity index (χ2v) is 15.9. The Balaban J connectivity index is 1.43. The highest BCUT2D eigenvalue weighted by Crippen LogP contribution is 2.47. The molecule has 33 heavy (non-hydrogen) atoms. The van der Waals surface area contributed by atoms with E-state index in [1.165, 1.54) is 11.0 Å². The molecule has 6 nitrogen and oxygen atoms in total. The highest BCUT2D eigenvalue weighted by atomic mass is 28.3. The number of halogens is 1. The Morgan fingerprint density at radius 1 is 1.12 bits per heavy atom. The lowest BCUT2D eigenvalue weighted by Crippen LogP contribution is -2.35. The van der Waals surface area contributed by atoms with Gasteiger partial charge >= 0.3 is 0 Å². The number of aromatic nitrogens is 2. The molecule has 2 aromatic carbocycles. The molecule has 2 amide bonds. The quantitative estimate of drug-likeness (QED) is 0.259. The van der Waals surface area contributed by atoms with E-state index in [0.717, 1.165) is 18.9 Å². The topological polar surface area (TPSA) is 64.4 Å². The van der Waals surface area contributed by atoms with Crippen LogP contribution in [0.3, 0.4) is 0 Å². The summed E-state index contributed by atoms with van der Waals surface area (Å²) in [6, 6.07) is 10.7. The van der Waals surface area contributed by atoms with Crippen molar-refractivity contribution in [2.45, 2.75) is 51.3 Å². The number of imide groups is 1. The van der Waals surface area contributed by atoms with Gasteiger partial charge in [0.2, 0.25) is 0 Å². The fourth-order valence-electron chi connectivity index (χ4n) is 4.49. The first kappa shape index (κ1) is 22.0. The Hall–Kier alpha value is -2.84. The zero-order valence-electron chi connectivity index (χ0n) is 19.2. The fraction of sp³-hybridized carbons (Fsp3) is 0.400. The predicted octanol–water partition coefficient (Wildman–Crippen LogP) is 5.24. The van der Waals surface area contributed by atoms with Crippen molar-refractivity contribution in [1.29, 1.82) is 0 Å². The Bertz CT molecular complexity index is 1210. The molecule has 1 aliphatic carbocycles. The highest BCUT2D eigenvalue weighted by molar-refractivity contribution is 6.76. The van der Waals surface area contributed by atoms with Crippen LogP contribution in [0.15, 0.2) is 42.7 Å². The van der Waals surface area contributed by atoms with Gasteiger partial charge in [-0.25, -0.2) is 9.37 Å². The first-order valence-electron chi connectivity index (χ1n) is 11.4. The summed E-state index contributed by atoms with van der Waals surface area (Å²) in [6.45, 7) is 7.73. The minimum atomic E-state index is -1.20. The fourth-order valence-corrected chi connectivity index (χ4v) is 5.25. The third kappa shape index (κ3) is 4.13. The second-order valence-electron chi connectivity index (χ2n) is 10.2. The third-order valence-electron chi connectivity index (χ3n) is 6.43. The van der Waals surface area contributed by atoms with Crippen molar-refractivity contribution >= 4 is 30.9 Å². The third-order valence-corrected chi connectivity index (χ3v) is 8.13. The molecule has 2 aliphatic rings. The summed E-state index contributed by atoms with van der Waals surface area (Å²) < 4.78 is 22.8. The molecule has 1 atom stereocenters. The average Bonchev–Trinajstić information content (AvgIpc) is 3.47. The molecule has 0 spiro atoms. The van der Waals surface area contributed by atoms with Crippen LogP contribution in [0.1, 0.15) is 45.2 Å². The molecule has 172 valence electrons. The Labute approximate surface area is 193 Å². The van der Waals surface area contributed by atoms with Crippen LogP contribution in [0.25, 0.3) is 11.0 Å². The van der Waals surface area contributed by atoms with Crippen molar-refractivity contribution < 1.29 is 18.7 Å². The number of imidazole rings is 1. The predicted molar refractivity (Wildman–Crippen MR) is 126 cm³/mol. The molecule has 0 radical (unpaired) electrons. The lowest BCUT2D eigenvalue weighted by molar-refractivity contribution is 0.0561. The molecule has 0 N–H and O–H groups in total. The van der Waals surface area contributed by atoms with Gasteiger partial charge in [-0.3, -0.25) is 14.5 Å². The number of hydrogen-bond donors (Lipinski definition) is 0. The van der Waals surface area contributed by atoms with Crippen LogP contribution >= 0.6 is 0 Å². The van der Waals surface area contributed by atoms with Crippen LogP contribution in [-0.4, -0.2) is 40.9 Å². The maximum atomic E-state index is 15.3. The number of fused-ring (bicyclic) bond motifs is 2. The lowest BCUT2D eigenvalue weighted by atomic mass is 9.99. The second kappa shape index (κ2) is 8.18. The number of rotatable bonds is 8. The standard InChI is InChI=1S/C25H28FN3O3Si/c1-33(2,3)11-10-32-15-28-14-27-21-13-17(12-20(26)23(21)28)22(16-8-9-16)29-24(30)18-6-4-5-7-19(18)25(29)31/h4-7,12-14,16,22H,8-11,15H2,1-3H3/t22-/m1/s1. The monoisotopic (exact) mass is 465 g/mol. The van der Waals surface area contributed by atoms with Crippen LogP contribution in [0.4, 0.5) is 4.39 Å². The van der Waals surface area contributed by atoms with Crippen molar-refractivity contribution in [1.82, 2.24) is 14.5 Å². The molecule has 0 unspecified atom stereocenters. The van der Waals surface area contributed by atoms with E-state index in [9.17, 15) is 9.59 Å². The lowest BCUT2D eigenvalue weighted by Gasteiger charge is -2.27. The summed E-state index contributed by atoms with van der Waals surface area (Å²) in [7, 11) is -1.20. The van der Waals surface area contributed by atoms with E-state index in [4.69, 9.17) is 4.74 Å². The first-order valence-corrected chi connectivity index (χ1v) is 15.1. The Kier molecular flexibility index (Phi) is 5.45. The van der Waals surface area contributed by atoms with Gasteiger partial charge in [0.05, 0.1) is 29.0 Å². The molecule has 2 heterocycles. The SMILES string of the molecule is C[Si](C)(C)CCOCn1cnc2cc([C@@H](C3CC3)N3C(=O)c4ccccc4C3=O)cc(F)c21. The molecule has 1 saturated carbocycles. The number of benzene rings is 2. The van der Waals surface area contributed by atoms with E-state index in [1.54, 1.807) is 35.2 Å². The average molecular weight is 466 g/mol. The van der Waals surface area contributed by atoms with Crippen molar-refractivity contribution in [3.63, 3.8) is 0 Å². The minimum Gasteiger partial charge on any atom is -0.361 e. The van der Waals surface area contributed by atoms with E-state index < -0.39 is 19.9 Å². The maximum absolute atomic E-state index is 15.3. The largest absolute Gasteiger partial charge is 0.361 e. The van der Waals surface area contributed by atoms with Gasteiger partial charge in [0.15, 0.2) is 0 Å². The summed E-state index contributed by atoms with van der Waals surface area (Å²) in [4.78, 5) is 31.9. The number of carbonyl (C=O) groups excluding carboxylic acids is 2. The molecule has 0 saturated heterocycles. The van der Waals surface area contributed by atoms with Crippen molar-refractivity contribution in [2.24, 2.45) is 5.92 Å². The van der Waals surface area contributed by atoms with E-state index in [0.29, 0.717) is 34.3 Å². The van der Waals surface area contributed by atoms with Gasteiger partial charge < -0.3 is 9.30 Å². The molecule has 8 heteroatoms. The molecule has 5 rings (SSSR count). The normalized spacial score (nSPS) is 17.2. The molecular formula is C25H28FN3O3Si. The molecule has 3 aromatic rings. The summed E-state index contributed by atoms with van der Waals surface area (Å²) in [5, 5.41) is 0. The van der Waals surface area contributed by atoms with Crippen molar-refractivity contribution in [3.05, 3.63) is 65.2 Å². The van der Waals surface area contributed by atoms with E-state index in [2.05, 4.69) is 24.6 Å². The van der Waals surface area contributed by atoms with E-state index in [-0.39, 0.29) is 24.5 Å². The van der Waals surface area contributed by atoms with Gasteiger partial charge in [-0.1, -0.05) is 31.8 Å². The summed E-state index contributed by atoms with van der Waals surface area (Å²) in [5.74, 6) is -0.907. The van der Waals surface area contributed by atoms with Gasteiger partial charge in [0.25, 0.3) is 11.8 Å². The highest BCUT2D eigenvalue weighted by Gasteiger charge is 2.46. The van der Waals surface area contributed by atoms with Crippen molar-refractivity contribution in [2.75, 3.05) is 6.61 Å². The first-order chi connectivity index (χ1) is 15.7. The van der Waals surface area contributed by atoms with Gasteiger partial charge in [0, 0.05) is 14.7 Å². The number of ether oxygens (including phenoxy) is 1. The van der Waals surface area contributed by atoms with Crippen LogP contribution < -0.4 is 0 Å². The zero-order chi connectivity index (χ0) is 23.3.